The zero-order valence-corrected chi connectivity index (χ0v) is 13.0. The molecule has 0 heterocycles. The van der Waals surface area contributed by atoms with Crippen molar-refractivity contribution in [3.8, 4) is 5.75 Å². The topological polar surface area (TPSA) is 21.3 Å². The van der Waals surface area contributed by atoms with Gasteiger partial charge < -0.3 is 10.1 Å². The van der Waals surface area contributed by atoms with Gasteiger partial charge in [-0.15, -0.1) is 0 Å². The number of rotatable bonds is 6. The molecule has 100 valence electrons. The zero-order valence-electron chi connectivity index (χ0n) is 11.4. The molecule has 2 nitrogen and oxygen atoms in total. The van der Waals surface area contributed by atoms with Crippen LogP contribution >= 0.6 is 15.9 Å². The van der Waals surface area contributed by atoms with Gasteiger partial charge in [-0.2, -0.15) is 0 Å². The van der Waals surface area contributed by atoms with E-state index in [4.69, 9.17) is 4.74 Å². The van der Waals surface area contributed by atoms with Gasteiger partial charge in [0.1, 0.15) is 5.75 Å². The van der Waals surface area contributed by atoms with Crippen molar-refractivity contribution in [3.63, 3.8) is 0 Å². The second-order valence-electron chi connectivity index (χ2n) is 5.44. The second kappa shape index (κ2) is 5.62. The molecule has 0 aliphatic heterocycles. The lowest BCUT2D eigenvalue weighted by atomic mass is 9.92. The average Bonchev–Trinajstić information content (AvgIpc) is 3.08. The van der Waals surface area contributed by atoms with Gasteiger partial charge in [-0.05, 0) is 64.8 Å². The Morgan fingerprint density at radius 2 is 2.17 bits per heavy atom. The fraction of sp³-hybridized carbons (Fsp3) is 0.600. The van der Waals surface area contributed by atoms with E-state index in [0.29, 0.717) is 11.5 Å². The third-order valence-corrected chi connectivity index (χ3v) is 4.61. The highest BCUT2D eigenvalue weighted by Gasteiger charge is 2.44. The van der Waals surface area contributed by atoms with Gasteiger partial charge in [0.25, 0.3) is 0 Å². The standard InChI is InChI=1S/C15H22BrNO/c1-4-17-14(15(2)7-8-15)10-11-5-6-13(18-3)12(16)9-11/h5-6,9,14,17H,4,7-8,10H2,1-3H3. The number of halogens is 1. The van der Waals surface area contributed by atoms with E-state index in [0.717, 1.165) is 23.2 Å². The summed E-state index contributed by atoms with van der Waals surface area (Å²) < 4.78 is 6.31. The molecule has 1 atom stereocenters. The third kappa shape index (κ3) is 3.07. The minimum absolute atomic E-state index is 0.502. The molecule has 1 N–H and O–H groups in total. The van der Waals surface area contributed by atoms with Crippen LogP contribution in [0, 0.1) is 5.41 Å². The smallest absolute Gasteiger partial charge is 0.133 e. The van der Waals surface area contributed by atoms with E-state index in [1.807, 2.05) is 6.07 Å². The number of benzene rings is 1. The minimum Gasteiger partial charge on any atom is -0.496 e. The molecule has 0 bridgehead atoms. The highest BCUT2D eigenvalue weighted by molar-refractivity contribution is 9.10. The molecule has 1 aliphatic carbocycles. The minimum atomic E-state index is 0.502. The lowest BCUT2D eigenvalue weighted by molar-refractivity contribution is 0.360. The molecule has 2 rings (SSSR count). The van der Waals surface area contributed by atoms with Crippen molar-refractivity contribution in [2.75, 3.05) is 13.7 Å². The molecule has 0 saturated heterocycles. The van der Waals surface area contributed by atoms with Gasteiger partial charge >= 0.3 is 0 Å². The third-order valence-electron chi connectivity index (χ3n) is 3.99. The summed E-state index contributed by atoms with van der Waals surface area (Å²) in [6.07, 6.45) is 3.79. The second-order valence-corrected chi connectivity index (χ2v) is 6.29. The monoisotopic (exact) mass is 311 g/mol. The number of nitrogens with one attached hydrogen (secondary N) is 1. The molecule has 1 aromatic rings. The molecule has 1 saturated carbocycles. The first-order chi connectivity index (χ1) is 8.59. The largest absolute Gasteiger partial charge is 0.496 e. The van der Waals surface area contributed by atoms with E-state index in [1.165, 1.54) is 18.4 Å². The first-order valence-corrected chi connectivity index (χ1v) is 7.44. The van der Waals surface area contributed by atoms with Crippen molar-refractivity contribution in [3.05, 3.63) is 28.2 Å². The Morgan fingerprint density at radius 1 is 1.44 bits per heavy atom. The molecule has 0 radical (unpaired) electrons. The average molecular weight is 312 g/mol. The molecule has 0 spiro atoms. The Morgan fingerprint density at radius 3 is 2.67 bits per heavy atom. The van der Waals surface area contributed by atoms with E-state index in [-0.39, 0.29) is 0 Å². The van der Waals surface area contributed by atoms with E-state index >= 15 is 0 Å². The van der Waals surface area contributed by atoms with Crippen LogP contribution in [0.5, 0.6) is 5.75 Å². The van der Waals surface area contributed by atoms with Crippen LogP contribution in [0.25, 0.3) is 0 Å². The normalized spacial score (nSPS) is 18.4. The Labute approximate surface area is 118 Å². The fourth-order valence-electron chi connectivity index (χ4n) is 2.43. The van der Waals surface area contributed by atoms with Crippen LogP contribution in [-0.2, 0) is 6.42 Å². The highest BCUT2D eigenvalue weighted by Crippen LogP contribution is 2.49. The fourth-order valence-corrected chi connectivity index (χ4v) is 3.02. The lowest BCUT2D eigenvalue weighted by Gasteiger charge is -2.24. The number of methoxy groups -OCH3 is 1. The van der Waals surface area contributed by atoms with Crippen LogP contribution in [-0.4, -0.2) is 19.7 Å². The Hall–Kier alpha value is -0.540. The quantitative estimate of drug-likeness (QED) is 0.863. The van der Waals surface area contributed by atoms with Crippen molar-refractivity contribution >= 4 is 15.9 Å². The maximum atomic E-state index is 5.27. The molecule has 1 fully saturated rings. The van der Waals surface area contributed by atoms with Gasteiger partial charge in [-0.1, -0.05) is 19.9 Å². The van der Waals surface area contributed by atoms with Gasteiger partial charge in [0, 0.05) is 6.04 Å². The zero-order chi connectivity index (χ0) is 13.2. The SMILES string of the molecule is CCNC(Cc1ccc(OC)c(Br)c1)C1(C)CC1. The summed E-state index contributed by atoms with van der Waals surface area (Å²) >= 11 is 3.56. The van der Waals surface area contributed by atoms with Crippen LogP contribution < -0.4 is 10.1 Å². The molecular formula is C15H22BrNO. The number of hydrogen-bond acceptors (Lipinski definition) is 2. The Balaban J connectivity index is 2.09. The van der Waals surface area contributed by atoms with Gasteiger partial charge in [-0.3, -0.25) is 0 Å². The van der Waals surface area contributed by atoms with Gasteiger partial charge in [0.05, 0.1) is 11.6 Å². The maximum Gasteiger partial charge on any atom is 0.133 e. The predicted octanol–water partition coefficient (Wildman–Crippen LogP) is 3.78. The summed E-state index contributed by atoms with van der Waals surface area (Å²) in [7, 11) is 1.70. The van der Waals surface area contributed by atoms with Crippen molar-refractivity contribution in [2.45, 2.75) is 39.2 Å². The predicted molar refractivity (Wildman–Crippen MR) is 79.2 cm³/mol. The summed E-state index contributed by atoms with van der Waals surface area (Å²) in [6.45, 7) is 5.61. The van der Waals surface area contributed by atoms with E-state index < -0.39 is 0 Å². The van der Waals surface area contributed by atoms with Crippen LogP contribution in [0.15, 0.2) is 22.7 Å². The summed E-state index contributed by atoms with van der Waals surface area (Å²) in [5.74, 6) is 0.899. The van der Waals surface area contributed by atoms with Crippen molar-refractivity contribution in [1.29, 1.82) is 0 Å². The van der Waals surface area contributed by atoms with Crippen LogP contribution in [0.4, 0.5) is 0 Å². The summed E-state index contributed by atoms with van der Waals surface area (Å²) in [5, 5.41) is 3.64. The van der Waals surface area contributed by atoms with Gasteiger partial charge in [0.2, 0.25) is 0 Å². The van der Waals surface area contributed by atoms with E-state index in [1.54, 1.807) is 7.11 Å². The van der Waals surface area contributed by atoms with Crippen LogP contribution in [0.2, 0.25) is 0 Å². The summed E-state index contributed by atoms with van der Waals surface area (Å²) in [5.41, 5.74) is 1.87. The highest BCUT2D eigenvalue weighted by atomic mass is 79.9. The molecular weight excluding hydrogens is 290 g/mol. The molecule has 1 unspecified atom stereocenters. The lowest BCUT2D eigenvalue weighted by Crippen LogP contribution is -2.38. The number of hydrogen-bond donors (Lipinski definition) is 1. The van der Waals surface area contributed by atoms with Crippen LogP contribution in [0.3, 0.4) is 0 Å². The van der Waals surface area contributed by atoms with Crippen molar-refractivity contribution in [1.82, 2.24) is 5.32 Å². The van der Waals surface area contributed by atoms with Crippen molar-refractivity contribution in [2.24, 2.45) is 5.41 Å². The Bertz CT molecular complexity index is 415. The maximum absolute atomic E-state index is 5.27. The Kier molecular flexibility index (Phi) is 4.33. The number of likely N-dealkylation sites (N-methyl/N-ethyl adjacent to an activating group) is 1. The van der Waals surface area contributed by atoms with Gasteiger partial charge in [-0.25, -0.2) is 0 Å². The molecule has 1 aromatic carbocycles. The molecule has 1 aliphatic rings. The molecule has 0 amide bonds. The molecule has 3 heteroatoms. The van der Waals surface area contributed by atoms with Crippen molar-refractivity contribution < 1.29 is 4.74 Å². The van der Waals surface area contributed by atoms with E-state index in [9.17, 15) is 0 Å². The summed E-state index contributed by atoms with van der Waals surface area (Å²) in [6, 6.07) is 6.97. The summed E-state index contributed by atoms with van der Waals surface area (Å²) in [4.78, 5) is 0. The van der Waals surface area contributed by atoms with Gasteiger partial charge in [0.15, 0.2) is 0 Å². The molecule has 0 aromatic heterocycles. The number of ether oxygens (including phenoxy) is 1. The van der Waals surface area contributed by atoms with Crippen LogP contribution in [0.1, 0.15) is 32.3 Å². The first kappa shape index (κ1) is 13.9. The molecule has 18 heavy (non-hydrogen) atoms. The van der Waals surface area contributed by atoms with E-state index in [2.05, 4.69) is 47.2 Å². The first-order valence-electron chi connectivity index (χ1n) is 6.65.